The van der Waals surface area contributed by atoms with Crippen LogP contribution in [0.15, 0.2) is 6.20 Å². The first-order chi connectivity index (χ1) is 7.31. The van der Waals surface area contributed by atoms with Crippen LogP contribution in [0.5, 0.6) is 0 Å². The van der Waals surface area contributed by atoms with Crippen molar-refractivity contribution in [2.24, 2.45) is 0 Å². The second-order valence-electron chi connectivity index (χ2n) is 4.23. The van der Waals surface area contributed by atoms with E-state index in [1.807, 2.05) is 0 Å². The Kier molecular flexibility index (Phi) is 1.97. The second kappa shape index (κ2) is 3.32. The summed E-state index contributed by atoms with van der Waals surface area (Å²) in [6.45, 7) is 0. The Balaban J connectivity index is 1.76. The molecule has 0 aliphatic heterocycles. The van der Waals surface area contributed by atoms with E-state index in [1.165, 1.54) is 6.20 Å². The van der Waals surface area contributed by atoms with E-state index in [4.69, 9.17) is 0 Å². The molecule has 2 N–H and O–H groups in total. The van der Waals surface area contributed by atoms with Crippen LogP contribution in [-0.2, 0) is 0 Å². The topological polar surface area (TPSA) is 49.8 Å². The number of anilines is 2. The van der Waals surface area contributed by atoms with Gasteiger partial charge in [0.05, 0.1) is 6.20 Å². The van der Waals surface area contributed by atoms with E-state index >= 15 is 0 Å². The number of halogens is 1. The summed E-state index contributed by atoms with van der Waals surface area (Å²) in [6.07, 6.45) is 5.75. The van der Waals surface area contributed by atoms with Gasteiger partial charge in [-0.1, -0.05) is 0 Å². The first-order valence-corrected chi connectivity index (χ1v) is 5.37. The summed E-state index contributed by atoms with van der Waals surface area (Å²) in [5.74, 6) is 0.487. The van der Waals surface area contributed by atoms with Gasteiger partial charge < -0.3 is 10.6 Å². The molecular formula is C10H13FN4. The minimum Gasteiger partial charge on any atom is -0.365 e. The van der Waals surface area contributed by atoms with Crippen molar-refractivity contribution < 1.29 is 4.39 Å². The van der Waals surface area contributed by atoms with Crippen LogP contribution in [0, 0.1) is 5.82 Å². The zero-order valence-electron chi connectivity index (χ0n) is 8.33. The summed E-state index contributed by atoms with van der Waals surface area (Å²) in [5, 5.41) is 6.20. The minimum atomic E-state index is -0.372. The number of aromatic nitrogens is 2. The van der Waals surface area contributed by atoms with E-state index in [0.29, 0.717) is 23.8 Å². The fourth-order valence-electron chi connectivity index (χ4n) is 1.37. The number of nitrogens with zero attached hydrogens (tertiary/aromatic N) is 2. The van der Waals surface area contributed by atoms with Gasteiger partial charge in [-0.25, -0.2) is 9.37 Å². The summed E-state index contributed by atoms with van der Waals surface area (Å²) in [4.78, 5) is 8.03. The monoisotopic (exact) mass is 208 g/mol. The molecule has 0 bridgehead atoms. The van der Waals surface area contributed by atoms with Crippen molar-refractivity contribution in [2.45, 2.75) is 37.8 Å². The van der Waals surface area contributed by atoms with E-state index in [1.54, 1.807) is 0 Å². The maximum absolute atomic E-state index is 13.3. The zero-order chi connectivity index (χ0) is 10.3. The highest BCUT2D eigenvalue weighted by molar-refractivity contribution is 5.43. The van der Waals surface area contributed by atoms with Crippen molar-refractivity contribution in [3.05, 3.63) is 12.0 Å². The molecule has 2 aliphatic rings. The first kappa shape index (κ1) is 8.88. The molecule has 0 atom stereocenters. The maximum atomic E-state index is 13.3. The van der Waals surface area contributed by atoms with Crippen molar-refractivity contribution in [3.8, 4) is 0 Å². The standard InChI is InChI=1S/C10H13FN4/c11-8-5-12-10(14-7-3-4-7)15-9(8)13-6-1-2-6/h5-7H,1-4H2,(H2,12,13,14,15). The molecule has 0 aromatic carbocycles. The van der Waals surface area contributed by atoms with Gasteiger partial charge in [0.25, 0.3) is 0 Å². The van der Waals surface area contributed by atoms with Crippen molar-refractivity contribution in [2.75, 3.05) is 10.6 Å². The van der Waals surface area contributed by atoms with Gasteiger partial charge >= 0.3 is 0 Å². The van der Waals surface area contributed by atoms with E-state index in [2.05, 4.69) is 20.6 Å². The summed E-state index contributed by atoms with van der Waals surface area (Å²) in [7, 11) is 0. The van der Waals surface area contributed by atoms with Crippen LogP contribution in [0.4, 0.5) is 16.2 Å². The molecular weight excluding hydrogens is 195 g/mol. The first-order valence-electron chi connectivity index (χ1n) is 5.37. The Morgan fingerprint density at radius 2 is 1.80 bits per heavy atom. The summed E-state index contributed by atoms with van der Waals surface area (Å²) in [6, 6.07) is 0.896. The molecule has 3 rings (SSSR count). The molecule has 15 heavy (non-hydrogen) atoms. The number of nitrogens with one attached hydrogen (secondary N) is 2. The lowest BCUT2D eigenvalue weighted by molar-refractivity contribution is 0.617. The third-order valence-electron chi connectivity index (χ3n) is 2.57. The van der Waals surface area contributed by atoms with Crippen LogP contribution < -0.4 is 10.6 Å². The quantitative estimate of drug-likeness (QED) is 0.791. The highest BCUT2D eigenvalue weighted by Crippen LogP contribution is 2.27. The van der Waals surface area contributed by atoms with Gasteiger partial charge in [0, 0.05) is 12.1 Å². The molecule has 0 spiro atoms. The molecule has 1 aromatic heterocycles. The zero-order valence-corrected chi connectivity index (χ0v) is 8.33. The molecule has 2 fully saturated rings. The average molecular weight is 208 g/mol. The van der Waals surface area contributed by atoms with E-state index in [9.17, 15) is 4.39 Å². The van der Waals surface area contributed by atoms with Crippen molar-refractivity contribution in [1.29, 1.82) is 0 Å². The molecule has 0 amide bonds. The number of hydrogen-bond donors (Lipinski definition) is 2. The van der Waals surface area contributed by atoms with Gasteiger partial charge in [-0.2, -0.15) is 4.98 Å². The largest absolute Gasteiger partial charge is 0.365 e. The lowest BCUT2D eigenvalue weighted by Crippen LogP contribution is -2.10. The molecule has 0 radical (unpaired) electrons. The Hall–Kier alpha value is -1.39. The van der Waals surface area contributed by atoms with Crippen LogP contribution in [0.2, 0.25) is 0 Å². The van der Waals surface area contributed by atoms with Crippen LogP contribution in [0.25, 0.3) is 0 Å². The van der Waals surface area contributed by atoms with Gasteiger partial charge in [0.1, 0.15) is 0 Å². The third-order valence-corrected chi connectivity index (χ3v) is 2.57. The number of hydrogen-bond acceptors (Lipinski definition) is 4. The fraction of sp³-hybridized carbons (Fsp3) is 0.600. The minimum absolute atomic E-state index is 0.329. The predicted molar refractivity (Wildman–Crippen MR) is 55.3 cm³/mol. The molecule has 1 heterocycles. The van der Waals surface area contributed by atoms with Crippen LogP contribution >= 0.6 is 0 Å². The van der Waals surface area contributed by atoms with Crippen molar-refractivity contribution in [1.82, 2.24) is 9.97 Å². The van der Waals surface area contributed by atoms with Crippen LogP contribution in [0.1, 0.15) is 25.7 Å². The molecule has 2 aliphatic carbocycles. The SMILES string of the molecule is Fc1cnc(NC2CC2)nc1NC1CC1. The normalized spacial score (nSPS) is 20.1. The molecule has 80 valence electrons. The summed E-state index contributed by atoms with van der Waals surface area (Å²) < 4.78 is 13.3. The smallest absolute Gasteiger partial charge is 0.225 e. The van der Waals surface area contributed by atoms with Crippen molar-refractivity contribution >= 4 is 11.8 Å². The van der Waals surface area contributed by atoms with Crippen molar-refractivity contribution in [3.63, 3.8) is 0 Å². The molecule has 0 unspecified atom stereocenters. The lowest BCUT2D eigenvalue weighted by atomic mass is 10.5. The van der Waals surface area contributed by atoms with Gasteiger partial charge in [-0.15, -0.1) is 0 Å². The van der Waals surface area contributed by atoms with Crippen LogP contribution in [-0.4, -0.2) is 22.1 Å². The lowest BCUT2D eigenvalue weighted by Gasteiger charge is -2.07. The highest BCUT2D eigenvalue weighted by Gasteiger charge is 2.25. The summed E-state index contributed by atoms with van der Waals surface area (Å²) >= 11 is 0. The average Bonchev–Trinajstić information content (AvgIpc) is 3.05. The highest BCUT2D eigenvalue weighted by atomic mass is 19.1. The maximum Gasteiger partial charge on any atom is 0.225 e. The molecule has 0 saturated heterocycles. The Morgan fingerprint density at radius 1 is 1.13 bits per heavy atom. The Bertz CT molecular complexity index is 374. The third kappa shape index (κ3) is 2.16. The van der Waals surface area contributed by atoms with E-state index in [-0.39, 0.29) is 5.82 Å². The van der Waals surface area contributed by atoms with E-state index in [0.717, 1.165) is 25.7 Å². The van der Waals surface area contributed by atoms with Gasteiger partial charge in [0.2, 0.25) is 5.95 Å². The number of rotatable bonds is 4. The summed E-state index contributed by atoms with van der Waals surface area (Å²) in [5.41, 5.74) is 0. The molecule has 2 saturated carbocycles. The predicted octanol–water partition coefficient (Wildman–Crippen LogP) is 1.76. The van der Waals surface area contributed by atoms with E-state index < -0.39 is 0 Å². The van der Waals surface area contributed by atoms with Gasteiger partial charge in [-0.05, 0) is 25.7 Å². The Labute approximate surface area is 87.3 Å². The van der Waals surface area contributed by atoms with Gasteiger partial charge in [-0.3, -0.25) is 0 Å². The second-order valence-corrected chi connectivity index (χ2v) is 4.23. The molecule has 1 aromatic rings. The Morgan fingerprint density at radius 3 is 2.47 bits per heavy atom. The van der Waals surface area contributed by atoms with Crippen LogP contribution in [0.3, 0.4) is 0 Å². The molecule has 5 heteroatoms. The molecule has 4 nitrogen and oxygen atoms in total. The fourth-order valence-corrected chi connectivity index (χ4v) is 1.37. The van der Waals surface area contributed by atoms with Gasteiger partial charge in [0.15, 0.2) is 11.6 Å².